The van der Waals surface area contributed by atoms with Gasteiger partial charge in [-0.2, -0.15) is 0 Å². The fraction of sp³-hybridized carbons (Fsp3) is 0.562. The zero-order valence-corrected chi connectivity index (χ0v) is 12.1. The lowest BCUT2D eigenvalue weighted by Gasteiger charge is -2.27. The Morgan fingerprint density at radius 1 is 1.26 bits per heavy atom. The van der Waals surface area contributed by atoms with E-state index >= 15 is 0 Å². The third kappa shape index (κ3) is 3.49. The highest BCUT2D eigenvalue weighted by Gasteiger charge is 2.27. The van der Waals surface area contributed by atoms with E-state index < -0.39 is 6.10 Å². The predicted molar refractivity (Wildman–Crippen MR) is 76.3 cm³/mol. The molecule has 104 valence electrons. The second kappa shape index (κ2) is 6.09. The number of aryl methyl sites for hydroxylation is 1. The van der Waals surface area contributed by atoms with Crippen LogP contribution in [0.3, 0.4) is 0 Å². The molecule has 0 aromatic heterocycles. The van der Waals surface area contributed by atoms with Gasteiger partial charge in [-0.15, -0.1) is 0 Å². The molecule has 19 heavy (non-hydrogen) atoms. The zero-order valence-electron chi connectivity index (χ0n) is 12.1. The molecule has 1 atom stereocenters. The van der Waals surface area contributed by atoms with Gasteiger partial charge in [-0.3, -0.25) is 4.79 Å². The summed E-state index contributed by atoms with van der Waals surface area (Å²) in [6.45, 7) is 3.86. The van der Waals surface area contributed by atoms with Gasteiger partial charge in [0.25, 0.3) is 5.91 Å². The van der Waals surface area contributed by atoms with E-state index in [9.17, 15) is 4.79 Å². The van der Waals surface area contributed by atoms with E-state index in [0.717, 1.165) is 18.6 Å². The predicted octanol–water partition coefficient (Wildman–Crippen LogP) is 3.16. The van der Waals surface area contributed by atoms with E-state index in [-0.39, 0.29) is 5.91 Å². The first-order valence-electron chi connectivity index (χ1n) is 7.08. The smallest absolute Gasteiger partial charge is 0.263 e. The maximum Gasteiger partial charge on any atom is 0.263 e. The van der Waals surface area contributed by atoms with Crippen LogP contribution in [0.25, 0.3) is 0 Å². The van der Waals surface area contributed by atoms with Crippen LogP contribution in [-0.4, -0.2) is 30.0 Å². The number of hydrogen-bond acceptors (Lipinski definition) is 2. The average Bonchev–Trinajstić information content (AvgIpc) is 2.93. The Kier molecular flexibility index (Phi) is 4.46. The molecule has 0 heterocycles. The monoisotopic (exact) mass is 261 g/mol. The summed E-state index contributed by atoms with van der Waals surface area (Å²) in [5.74, 6) is 0.832. The quantitative estimate of drug-likeness (QED) is 0.833. The van der Waals surface area contributed by atoms with Crippen LogP contribution in [0.1, 0.15) is 38.2 Å². The SMILES string of the molecule is Cc1ccc(OC(C)C(=O)N(C)C2CCCC2)cc1. The minimum Gasteiger partial charge on any atom is -0.481 e. The number of carbonyl (C=O) groups is 1. The van der Waals surface area contributed by atoms with Crippen LogP contribution >= 0.6 is 0 Å². The molecular weight excluding hydrogens is 238 g/mol. The highest BCUT2D eigenvalue weighted by Crippen LogP contribution is 2.23. The number of likely N-dealkylation sites (N-methyl/N-ethyl adjacent to an activating group) is 1. The molecule has 0 bridgehead atoms. The summed E-state index contributed by atoms with van der Waals surface area (Å²) in [6.07, 6.45) is 4.29. The molecule has 1 fully saturated rings. The standard InChI is InChI=1S/C16H23NO2/c1-12-8-10-15(11-9-12)19-13(2)16(18)17(3)14-6-4-5-7-14/h8-11,13-14H,4-7H2,1-3H3. The molecule has 2 rings (SSSR count). The number of ether oxygens (including phenoxy) is 1. The summed E-state index contributed by atoms with van der Waals surface area (Å²) in [6, 6.07) is 8.21. The molecular formula is C16H23NO2. The minimum atomic E-state index is -0.423. The van der Waals surface area contributed by atoms with Crippen molar-refractivity contribution in [3.05, 3.63) is 29.8 Å². The topological polar surface area (TPSA) is 29.5 Å². The van der Waals surface area contributed by atoms with Crippen LogP contribution < -0.4 is 4.74 Å². The zero-order chi connectivity index (χ0) is 13.8. The number of carbonyl (C=O) groups excluding carboxylic acids is 1. The Morgan fingerprint density at radius 3 is 2.42 bits per heavy atom. The fourth-order valence-electron chi connectivity index (χ4n) is 2.63. The summed E-state index contributed by atoms with van der Waals surface area (Å²) >= 11 is 0. The van der Waals surface area contributed by atoms with Gasteiger partial charge >= 0.3 is 0 Å². The van der Waals surface area contributed by atoms with Crippen LogP contribution in [0.2, 0.25) is 0 Å². The van der Waals surface area contributed by atoms with Gasteiger partial charge in [0.1, 0.15) is 5.75 Å². The van der Waals surface area contributed by atoms with Crippen molar-refractivity contribution in [2.24, 2.45) is 0 Å². The molecule has 3 heteroatoms. The third-order valence-corrected chi connectivity index (χ3v) is 3.90. The van der Waals surface area contributed by atoms with Gasteiger partial charge in [-0.05, 0) is 38.8 Å². The molecule has 0 saturated heterocycles. The lowest BCUT2D eigenvalue weighted by molar-refractivity contribution is -0.138. The fourth-order valence-corrected chi connectivity index (χ4v) is 2.63. The molecule has 1 aliphatic rings. The molecule has 1 unspecified atom stereocenters. The van der Waals surface area contributed by atoms with Crippen LogP contribution in [0.15, 0.2) is 24.3 Å². The summed E-state index contributed by atoms with van der Waals surface area (Å²) in [4.78, 5) is 14.2. The van der Waals surface area contributed by atoms with Crippen molar-refractivity contribution in [2.75, 3.05) is 7.05 Å². The number of amides is 1. The minimum absolute atomic E-state index is 0.0764. The van der Waals surface area contributed by atoms with Crippen molar-refractivity contribution in [1.29, 1.82) is 0 Å². The third-order valence-electron chi connectivity index (χ3n) is 3.90. The molecule has 0 N–H and O–H groups in total. The molecule has 3 nitrogen and oxygen atoms in total. The highest BCUT2D eigenvalue weighted by atomic mass is 16.5. The molecule has 1 aromatic rings. The summed E-state index contributed by atoms with van der Waals surface area (Å²) in [5.41, 5.74) is 1.19. The van der Waals surface area contributed by atoms with Gasteiger partial charge in [0.15, 0.2) is 6.10 Å². The van der Waals surface area contributed by atoms with Crippen molar-refractivity contribution in [3.8, 4) is 5.75 Å². The normalized spacial score (nSPS) is 17.2. The van der Waals surface area contributed by atoms with E-state index in [0.29, 0.717) is 6.04 Å². The Balaban J connectivity index is 1.93. The van der Waals surface area contributed by atoms with Crippen molar-refractivity contribution >= 4 is 5.91 Å². The van der Waals surface area contributed by atoms with E-state index in [1.54, 1.807) is 0 Å². The second-order valence-electron chi connectivity index (χ2n) is 5.46. The molecule has 0 aliphatic heterocycles. The van der Waals surface area contributed by atoms with E-state index in [1.807, 2.05) is 50.1 Å². The van der Waals surface area contributed by atoms with Gasteiger partial charge < -0.3 is 9.64 Å². The van der Waals surface area contributed by atoms with Gasteiger partial charge in [0.2, 0.25) is 0 Å². The molecule has 0 spiro atoms. The van der Waals surface area contributed by atoms with E-state index in [2.05, 4.69) is 0 Å². The van der Waals surface area contributed by atoms with Crippen LogP contribution in [0.5, 0.6) is 5.75 Å². The van der Waals surface area contributed by atoms with Gasteiger partial charge in [0, 0.05) is 13.1 Å². The molecule has 1 amide bonds. The first kappa shape index (κ1) is 13.9. The Bertz CT molecular complexity index is 421. The number of benzene rings is 1. The largest absolute Gasteiger partial charge is 0.481 e. The van der Waals surface area contributed by atoms with Crippen molar-refractivity contribution in [3.63, 3.8) is 0 Å². The summed E-state index contributed by atoms with van der Waals surface area (Å²) < 4.78 is 5.72. The second-order valence-corrected chi connectivity index (χ2v) is 5.46. The van der Waals surface area contributed by atoms with Crippen LogP contribution in [0.4, 0.5) is 0 Å². The summed E-state index contributed by atoms with van der Waals surface area (Å²) in [7, 11) is 1.90. The maximum absolute atomic E-state index is 12.3. The van der Waals surface area contributed by atoms with E-state index in [1.165, 1.54) is 18.4 Å². The highest BCUT2D eigenvalue weighted by molar-refractivity contribution is 5.81. The molecule has 1 aromatic carbocycles. The van der Waals surface area contributed by atoms with Crippen molar-refractivity contribution in [1.82, 2.24) is 4.90 Å². The molecule has 1 aliphatic carbocycles. The average molecular weight is 261 g/mol. The van der Waals surface area contributed by atoms with Crippen LogP contribution in [-0.2, 0) is 4.79 Å². The first-order valence-corrected chi connectivity index (χ1v) is 7.08. The van der Waals surface area contributed by atoms with Crippen molar-refractivity contribution < 1.29 is 9.53 Å². The Morgan fingerprint density at radius 2 is 1.84 bits per heavy atom. The van der Waals surface area contributed by atoms with Gasteiger partial charge in [-0.25, -0.2) is 0 Å². The maximum atomic E-state index is 12.3. The van der Waals surface area contributed by atoms with Crippen molar-refractivity contribution in [2.45, 2.75) is 51.7 Å². The number of nitrogens with zero attached hydrogens (tertiary/aromatic N) is 1. The van der Waals surface area contributed by atoms with Crippen LogP contribution in [0, 0.1) is 6.92 Å². The number of rotatable bonds is 4. The lowest BCUT2D eigenvalue weighted by atomic mass is 10.2. The molecule has 1 saturated carbocycles. The first-order chi connectivity index (χ1) is 9.08. The Labute approximate surface area is 115 Å². The molecule has 0 radical (unpaired) electrons. The van der Waals surface area contributed by atoms with E-state index in [4.69, 9.17) is 4.74 Å². The summed E-state index contributed by atoms with van der Waals surface area (Å²) in [5, 5.41) is 0. The number of hydrogen-bond donors (Lipinski definition) is 0. The Hall–Kier alpha value is -1.51. The van der Waals surface area contributed by atoms with Gasteiger partial charge in [-0.1, -0.05) is 30.5 Å². The lowest BCUT2D eigenvalue weighted by Crippen LogP contribution is -2.42. The van der Waals surface area contributed by atoms with Gasteiger partial charge in [0.05, 0.1) is 0 Å².